The van der Waals surface area contributed by atoms with E-state index in [-0.39, 0.29) is 44.0 Å². The molecule has 0 radical (unpaired) electrons. The second-order valence-electron chi connectivity index (χ2n) is 9.65. The number of aliphatic hydroxyl groups excluding tert-OH is 1. The van der Waals surface area contributed by atoms with E-state index >= 15 is 0 Å². The van der Waals surface area contributed by atoms with Crippen LogP contribution < -0.4 is 5.32 Å². The number of fused-ring (bicyclic) bond motifs is 1. The second-order valence-corrected chi connectivity index (χ2v) is 9.65. The Bertz CT molecular complexity index is 1420. The Morgan fingerprint density at radius 3 is 2.44 bits per heavy atom. The van der Waals surface area contributed by atoms with Crippen molar-refractivity contribution in [1.82, 2.24) is 9.55 Å². The number of ether oxygens (including phenoxy) is 2. The Balaban J connectivity index is 1.32. The number of carboxylic acid groups (broad SMARTS) is 1. The molecular weight excluding hydrogens is 498 g/mol. The molecule has 4 aromatic rings. The minimum absolute atomic E-state index is 0.0175. The first-order valence-electron chi connectivity index (χ1n) is 13.0. The monoisotopic (exact) mass is 529 g/mol. The molecule has 3 atom stereocenters. The van der Waals surface area contributed by atoms with Crippen LogP contribution >= 0.6 is 0 Å². The van der Waals surface area contributed by atoms with E-state index < -0.39 is 12.3 Å². The van der Waals surface area contributed by atoms with Gasteiger partial charge in [0.05, 0.1) is 42.7 Å². The van der Waals surface area contributed by atoms with E-state index in [9.17, 15) is 14.7 Å². The molecule has 0 bridgehead atoms. The average Bonchev–Trinajstić information content (AvgIpc) is 3.36. The maximum Gasteiger partial charge on any atom is 0.303 e. The van der Waals surface area contributed by atoms with Crippen LogP contribution in [0.2, 0.25) is 0 Å². The van der Waals surface area contributed by atoms with Crippen molar-refractivity contribution in [1.29, 1.82) is 0 Å². The van der Waals surface area contributed by atoms with Gasteiger partial charge in [0.1, 0.15) is 0 Å². The van der Waals surface area contributed by atoms with Crippen LogP contribution in [0.3, 0.4) is 0 Å². The lowest BCUT2D eigenvalue weighted by Gasteiger charge is -2.36. The largest absolute Gasteiger partial charge is 0.481 e. The highest BCUT2D eigenvalue weighted by Gasteiger charge is 2.32. The molecular formula is C30H31N3O6. The molecule has 1 aromatic heterocycles. The van der Waals surface area contributed by atoms with E-state index in [1.807, 2.05) is 67.0 Å². The predicted molar refractivity (Wildman–Crippen MR) is 145 cm³/mol. The van der Waals surface area contributed by atoms with Gasteiger partial charge in [-0.15, -0.1) is 0 Å². The van der Waals surface area contributed by atoms with E-state index in [1.54, 1.807) is 12.1 Å². The van der Waals surface area contributed by atoms with Crippen molar-refractivity contribution in [3.63, 3.8) is 0 Å². The van der Waals surface area contributed by atoms with Gasteiger partial charge in [-0.3, -0.25) is 9.59 Å². The first kappa shape index (κ1) is 26.6. The molecule has 0 saturated carbocycles. The number of carbonyl (C=O) groups is 2. The summed E-state index contributed by atoms with van der Waals surface area (Å²) < 4.78 is 14.9. The van der Waals surface area contributed by atoms with Gasteiger partial charge in [0.2, 0.25) is 5.91 Å². The maximum atomic E-state index is 12.1. The standard InChI is InChI=1S/C30H31N3O6/c34-18-20-8-10-21(11-9-20)27-16-24(17-33-19-31-25-4-1-2-5-26(25)33)38-30(39-27)22-12-14-23(15-13-22)32-28(35)6-3-7-29(36)37/h1-2,4-5,8-15,19,24,27,30,34H,3,6-7,16-18H2,(H,32,35)(H,36,37)/t24-,27+,30+/m0/s1. The number of aliphatic hydroxyl groups is 1. The fraction of sp³-hybridized carbons (Fsp3) is 0.300. The number of para-hydroxylation sites is 2. The fourth-order valence-corrected chi connectivity index (χ4v) is 4.76. The van der Waals surface area contributed by atoms with Crippen LogP contribution in [0, 0.1) is 0 Å². The molecule has 0 aliphatic carbocycles. The SMILES string of the molecule is O=C(O)CCCC(=O)Nc1ccc([C@@H]2O[C@H](Cn3cnc4ccccc43)C[C@H](c3ccc(CO)cc3)O2)cc1. The Morgan fingerprint density at radius 1 is 0.949 bits per heavy atom. The Morgan fingerprint density at radius 2 is 1.69 bits per heavy atom. The first-order valence-corrected chi connectivity index (χ1v) is 13.0. The van der Waals surface area contributed by atoms with E-state index in [0.29, 0.717) is 18.7 Å². The maximum absolute atomic E-state index is 12.1. The zero-order chi connectivity index (χ0) is 27.2. The number of hydrogen-bond acceptors (Lipinski definition) is 6. The van der Waals surface area contributed by atoms with Crippen molar-refractivity contribution in [2.75, 3.05) is 5.32 Å². The van der Waals surface area contributed by atoms with Crippen molar-refractivity contribution in [2.45, 2.75) is 57.3 Å². The van der Waals surface area contributed by atoms with Crippen molar-refractivity contribution in [3.05, 3.63) is 95.8 Å². The van der Waals surface area contributed by atoms with Gasteiger partial charge in [0.25, 0.3) is 0 Å². The van der Waals surface area contributed by atoms with Crippen LogP contribution in [0.4, 0.5) is 5.69 Å². The lowest BCUT2D eigenvalue weighted by atomic mass is 10.00. The summed E-state index contributed by atoms with van der Waals surface area (Å²) >= 11 is 0. The summed E-state index contributed by atoms with van der Waals surface area (Å²) in [5.41, 5.74) is 5.24. The van der Waals surface area contributed by atoms with Crippen LogP contribution in [0.5, 0.6) is 0 Å². The summed E-state index contributed by atoms with van der Waals surface area (Å²) in [7, 11) is 0. The highest BCUT2D eigenvalue weighted by molar-refractivity contribution is 5.90. The molecule has 9 nitrogen and oxygen atoms in total. The summed E-state index contributed by atoms with van der Waals surface area (Å²) in [6.07, 6.45) is 1.87. The lowest BCUT2D eigenvalue weighted by Crippen LogP contribution is -2.32. The smallest absolute Gasteiger partial charge is 0.303 e. The molecule has 1 aliphatic heterocycles. The molecule has 5 rings (SSSR count). The molecule has 1 saturated heterocycles. The molecule has 0 unspecified atom stereocenters. The number of rotatable bonds is 10. The van der Waals surface area contributed by atoms with Crippen molar-refractivity contribution in [3.8, 4) is 0 Å². The number of aliphatic carboxylic acids is 1. The third kappa shape index (κ3) is 6.69. The number of carbonyl (C=O) groups excluding carboxylic acids is 1. The minimum atomic E-state index is -0.915. The quantitative estimate of drug-likeness (QED) is 0.265. The molecule has 3 N–H and O–H groups in total. The number of aromatic nitrogens is 2. The summed E-state index contributed by atoms with van der Waals surface area (Å²) in [5, 5.41) is 21.0. The highest BCUT2D eigenvalue weighted by Crippen LogP contribution is 2.38. The van der Waals surface area contributed by atoms with Gasteiger partial charge in [-0.05, 0) is 41.8 Å². The zero-order valence-electron chi connectivity index (χ0n) is 21.4. The van der Waals surface area contributed by atoms with E-state index in [4.69, 9.17) is 14.6 Å². The number of benzene rings is 3. The van der Waals surface area contributed by atoms with E-state index in [1.165, 1.54) is 0 Å². The molecule has 9 heteroatoms. The molecule has 1 fully saturated rings. The van der Waals surface area contributed by atoms with E-state index in [2.05, 4.69) is 14.9 Å². The summed E-state index contributed by atoms with van der Waals surface area (Å²) in [6, 6.07) is 23.0. The van der Waals surface area contributed by atoms with Crippen molar-refractivity contribution < 1.29 is 29.3 Å². The fourth-order valence-electron chi connectivity index (χ4n) is 4.76. The van der Waals surface area contributed by atoms with Gasteiger partial charge >= 0.3 is 5.97 Å². The summed E-state index contributed by atoms with van der Waals surface area (Å²) in [5.74, 6) is -1.14. The van der Waals surface area contributed by atoms with Crippen LogP contribution in [-0.4, -0.2) is 37.7 Å². The number of hydrogen-bond donors (Lipinski definition) is 3. The molecule has 39 heavy (non-hydrogen) atoms. The Hall–Kier alpha value is -4.05. The normalized spacial score (nSPS) is 19.2. The third-order valence-corrected chi connectivity index (χ3v) is 6.80. The molecule has 1 amide bonds. The second kappa shape index (κ2) is 12.2. The van der Waals surface area contributed by atoms with Gasteiger partial charge in [-0.25, -0.2) is 4.98 Å². The molecule has 3 aromatic carbocycles. The van der Waals surface area contributed by atoms with Gasteiger partial charge < -0.3 is 29.6 Å². The lowest BCUT2D eigenvalue weighted by molar-refractivity contribution is -0.252. The Kier molecular flexibility index (Phi) is 8.31. The summed E-state index contributed by atoms with van der Waals surface area (Å²) in [4.78, 5) is 27.3. The molecule has 1 aliphatic rings. The Labute approximate surface area is 226 Å². The number of imidazole rings is 1. The van der Waals surface area contributed by atoms with Crippen molar-refractivity contribution in [2.24, 2.45) is 0 Å². The minimum Gasteiger partial charge on any atom is -0.481 e. The topological polar surface area (TPSA) is 123 Å². The number of nitrogens with one attached hydrogen (secondary N) is 1. The van der Waals surface area contributed by atoms with Crippen LogP contribution in [-0.2, 0) is 32.2 Å². The van der Waals surface area contributed by atoms with Gasteiger partial charge in [0.15, 0.2) is 6.29 Å². The van der Waals surface area contributed by atoms with Crippen LogP contribution in [0.1, 0.15) is 54.8 Å². The van der Waals surface area contributed by atoms with Gasteiger partial charge in [-0.2, -0.15) is 0 Å². The van der Waals surface area contributed by atoms with Crippen LogP contribution in [0.25, 0.3) is 11.0 Å². The van der Waals surface area contributed by atoms with Crippen molar-refractivity contribution >= 4 is 28.6 Å². The molecule has 202 valence electrons. The number of carboxylic acids is 1. The molecule has 0 spiro atoms. The zero-order valence-corrected chi connectivity index (χ0v) is 21.4. The van der Waals surface area contributed by atoms with Gasteiger partial charge in [-0.1, -0.05) is 48.5 Å². The highest BCUT2D eigenvalue weighted by atomic mass is 16.7. The average molecular weight is 530 g/mol. The molecule has 2 heterocycles. The number of amides is 1. The summed E-state index contributed by atoms with van der Waals surface area (Å²) in [6.45, 7) is 0.590. The van der Waals surface area contributed by atoms with E-state index in [0.717, 1.165) is 27.7 Å². The van der Waals surface area contributed by atoms with Crippen LogP contribution in [0.15, 0.2) is 79.1 Å². The third-order valence-electron chi connectivity index (χ3n) is 6.80. The number of nitrogens with zero attached hydrogens (tertiary/aromatic N) is 2. The number of anilines is 1. The van der Waals surface area contributed by atoms with Gasteiger partial charge in [0, 0.05) is 30.5 Å². The predicted octanol–water partition coefficient (Wildman–Crippen LogP) is 4.97. The first-order chi connectivity index (χ1) is 19.0.